The summed E-state index contributed by atoms with van der Waals surface area (Å²) in [6.45, 7) is 0. The van der Waals surface area contributed by atoms with Gasteiger partial charge in [-0.15, -0.1) is 0 Å². The summed E-state index contributed by atoms with van der Waals surface area (Å²) in [4.78, 5) is 10.8. The molecule has 0 unspecified atom stereocenters. The third kappa shape index (κ3) is 3.26. The van der Waals surface area contributed by atoms with Gasteiger partial charge >= 0.3 is 5.97 Å². The van der Waals surface area contributed by atoms with Crippen molar-refractivity contribution in [3.63, 3.8) is 0 Å². The van der Waals surface area contributed by atoms with E-state index in [-0.39, 0.29) is 5.56 Å². The van der Waals surface area contributed by atoms with Crippen LogP contribution in [-0.4, -0.2) is 18.2 Å². The van der Waals surface area contributed by atoms with Gasteiger partial charge in [-0.1, -0.05) is 6.07 Å². The molecular formula is C14H11BrO4. The van der Waals surface area contributed by atoms with Crippen molar-refractivity contribution in [3.8, 4) is 17.2 Å². The summed E-state index contributed by atoms with van der Waals surface area (Å²) in [5.41, 5.74) is 0.199. The molecule has 0 saturated carbocycles. The van der Waals surface area contributed by atoms with E-state index in [1.165, 1.54) is 12.1 Å². The lowest BCUT2D eigenvalue weighted by Crippen LogP contribution is -1.96. The number of carboxylic acids is 1. The number of ether oxygens (including phenoxy) is 2. The number of carboxylic acid groups (broad SMARTS) is 1. The van der Waals surface area contributed by atoms with Gasteiger partial charge in [0.2, 0.25) is 0 Å². The zero-order valence-corrected chi connectivity index (χ0v) is 11.7. The summed E-state index contributed by atoms with van der Waals surface area (Å²) in [6, 6.07) is 11.8. The fourth-order valence-corrected chi connectivity index (χ4v) is 1.97. The molecule has 0 aromatic heterocycles. The van der Waals surface area contributed by atoms with Crippen LogP contribution >= 0.6 is 15.9 Å². The Morgan fingerprint density at radius 2 is 1.89 bits per heavy atom. The number of methoxy groups -OCH3 is 1. The molecule has 0 amide bonds. The molecule has 0 aliphatic heterocycles. The topological polar surface area (TPSA) is 55.8 Å². The molecular weight excluding hydrogens is 312 g/mol. The van der Waals surface area contributed by atoms with Crippen molar-refractivity contribution in [2.24, 2.45) is 0 Å². The summed E-state index contributed by atoms with van der Waals surface area (Å²) in [7, 11) is 1.58. The lowest BCUT2D eigenvalue weighted by Gasteiger charge is -2.09. The average molecular weight is 323 g/mol. The number of benzene rings is 2. The average Bonchev–Trinajstić information content (AvgIpc) is 2.41. The van der Waals surface area contributed by atoms with E-state index in [1.807, 2.05) is 12.1 Å². The summed E-state index contributed by atoms with van der Waals surface area (Å²) >= 11 is 3.29. The van der Waals surface area contributed by atoms with Crippen molar-refractivity contribution in [1.82, 2.24) is 0 Å². The van der Waals surface area contributed by atoms with Crippen LogP contribution in [0.1, 0.15) is 10.4 Å². The molecule has 0 bridgehead atoms. The molecule has 19 heavy (non-hydrogen) atoms. The molecule has 2 aromatic rings. The van der Waals surface area contributed by atoms with Gasteiger partial charge in [0, 0.05) is 6.07 Å². The molecule has 5 heteroatoms. The standard InChI is InChI=1S/C14H11BrO4/c1-18-10-3-2-4-11(8-10)19-13-6-5-9(14(16)17)7-12(13)15/h2-8H,1H3,(H,16,17). The van der Waals surface area contributed by atoms with E-state index in [0.29, 0.717) is 21.7 Å². The first kappa shape index (κ1) is 13.4. The highest BCUT2D eigenvalue weighted by Gasteiger charge is 2.08. The fourth-order valence-electron chi connectivity index (χ4n) is 1.51. The third-order valence-electron chi connectivity index (χ3n) is 2.45. The molecule has 0 heterocycles. The molecule has 0 atom stereocenters. The van der Waals surface area contributed by atoms with Crippen LogP contribution in [0.5, 0.6) is 17.2 Å². The first-order chi connectivity index (χ1) is 9.10. The number of hydrogen-bond acceptors (Lipinski definition) is 3. The van der Waals surface area contributed by atoms with Crippen LogP contribution in [0.4, 0.5) is 0 Å². The molecule has 0 aliphatic carbocycles. The molecule has 98 valence electrons. The Balaban J connectivity index is 2.25. The van der Waals surface area contributed by atoms with Crippen LogP contribution in [0.25, 0.3) is 0 Å². The van der Waals surface area contributed by atoms with E-state index in [4.69, 9.17) is 14.6 Å². The first-order valence-corrected chi connectivity index (χ1v) is 6.24. The molecule has 0 saturated heterocycles. The molecule has 4 nitrogen and oxygen atoms in total. The number of halogens is 1. The number of aromatic carboxylic acids is 1. The maximum absolute atomic E-state index is 10.8. The Hall–Kier alpha value is -2.01. The smallest absolute Gasteiger partial charge is 0.335 e. The van der Waals surface area contributed by atoms with E-state index in [1.54, 1.807) is 25.3 Å². The highest BCUT2D eigenvalue weighted by molar-refractivity contribution is 9.10. The fraction of sp³-hybridized carbons (Fsp3) is 0.0714. The second-order valence-corrected chi connectivity index (χ2v) is 4.59. The molecule has 0 fully saturated rings. The highest BCUT2D eigenvalue weighted by Crippen LogP contribution is 2.31. The highest BCUT2D eigenvalue weighted by atomic mass is 79.9. The Morgan fingerprint density at radius 1 is 1.16 bits per heavy atom. The van der Waals surface area contributed by atoms with Gasteiger partial charge in [0.15, 0.2) is 0 Å². The number of hydrogen-bond donors (Lipinski definition) is 1. The first-order valence-electron chi connectivity index (χ1n) is 5.45. The normalized spacial score (nSPS) is 10.0. The quantitative estimate of drug-likeness (QED) is 0.926. The van der Waals surface area contributed by atoms with Crippen LogP contribution < -0.4 is 9.47 Å². The van der Waals surface area contributed by atoms with Crippen molar-refractivity contribution in [2.75, 3.05) is 7.11 Å². The molecule has 1 N–H and O–H groups in total. The van der Waals surface area contributed by atoms with Gasteiger partial charge in [-0.3, -0.25) is 0 Å². The minimum atomic E-state index is -0.978. The van der Waals surface area contributed by atoms with Crippen molar-refractivity contribution in [2.45, 2.75) is 0 Å². The largest absolute Gasteiger partial charge is 0.497 e. The Kier molecular flexibility index (Phi) is 4.06. The van der Waals surface area contributed by atoms with E-state index >= 15 is 0 Å². The van der Waals surface area contributed by atoms with Gasteiger partial charge in [0.05, 0.1) is 17.1 Å². The predicted molar refractivity (Wildman–Crippen MR) is 74.2 cm³/mol. The minimum absolute atomic E-state index is 0.199. The van der Waals surface area contributed by atoms with E-state index < -0.39 is 5.97 Å². The van der Waals surface area contributed by atoms with Gasteiger partial charge in [-0.25, -0.2) is 4.79 Å². The Morgan fingerprint density at radius 3 is 2.53 bits per heavy atom. The summed E-state index contributed by atoms with van der Waals surface area (Å²) in [5, 5.41) is 8.88. The van der Waals surface area contributed by atoms with Crippen LogP contribution in [0.3, 0.4) is 0 Å². The predicted octanol–water partition coefficient (Wildman–Crippen LogP) is 3.95. The van der Waals surface area contributed by atoms with Gasteiger partial charge in [0.1, 0.15) is 17.2 Å². The van der Waals surface area contributed by atoms with E-state index in [2.05, 4.69) is 15.9 Å². The number of rotatable bonds is 4. The van der Waals surface area contributed by atoms with Gasteiger partial charge in [-0.2, -0.15) is 0 Å². The van der Waals surface area contributed by atoms with Crippen molar-refractivity contribution < 1.29 is 19.4 Å². The van der Waals surface area contributed by atoms with Crippen LogP contribution in [-0.2, 0) is 0 Å². The molecule has 2 rings (SSSR count). The van der Waals surface area contributed by atoms with E-state index in [0.717, 1.165) is 0 Å². The molecule has 0 aliphatic rings. The van der Waals surface area contributed by atoms with Gasteiger partial charge < -0.3 is 14.6 Å². The zero-order chi connectivity index (χ0) is 13.8. The van der Waals surface area contributed by atoms with Crippen molar-refractivity contribution >= 4 is 21.9 Å². The number of carbonyl (C=O) groups is 1. The lowest BCUT2D eigenvalue weighted by atomic mass is 10.2. The summed E-state index contributed by atoms with van der Waals surface area (Å²) in [6.07, 6.45) is 0. The minimum Gasteiger partial charge on any atom is -0.497 e. The van der Waals surface area contributed by atoms with Gasteiger partial charge in [0.25, 0.3) is 0 Å². The SMILES string of the molecule is COc1cccc(Oc2ccc(C(=O)O)cc2Br)c1. The van der Waals surface area contributed by atoms with E-state index in [9.17, 15) is 4.79 Å². The van der Waals surface area contributed by atoms with Crippen LogP contribution in [0.15, 0.2) is 46.9 Å². The maximum Gasteiger partial charge on any atom is 0.335 e. The zero-order valence-electron chi connectivity index (χ0n) is 10.1. The second-order valence-electron chi connectivity index (χ2n) is 3.73. The van der Waals surface area contributed by atoms with Crippen molar-refractivity contribution in [3.05, 3.63) is 52.5 Å². The third-order valence-corrected chi connectivity index (χ3v) is 3.07. The Labute approximate surface area is 118 Å². The Bertz CT molecular complexity index is 610. The molecule has 0 radical (unpaired) electrons. The second kappa shape index (κ2) is 5.75. The lowest BCUT2D eigenvalue weighted by molar-refractivity contribution is 0.0697. The van der Waals surface area contributed by atoms with Crippen LogP contribution in [0, 0.1) is 0 Å². The molecule has 0 spiro atoms. The van der Waals surface area contributed by atoms with Gasteiger partial charge in [-0.05, 0) is 46.3 Å². The van der Waals surface area contributed by atoms with Crippen LogP contribution in [0.2, 0.25) is 0 Å². The van der Waals surface area contributed by atoms with Crippen molar-refractivity contribution in [1.29, 1.82) is 0 Å². The molecule has 2 aromatic carbocycles. The monoisotopic (exact) mass is 322 g/mol. The maximum atomic E-state index is 10.8. The summed E-state index contributed by atoms with van der Waals surface area (Å²) in [5.74, 6) is 0.866. The summed E-state index contributed by atoms with van der Waals surface area (Å²) < 4.78 is 11.3.